The third kappa shape index (κ3) is 4.61. The summed E-state index contributed by atoms with van der Waals surface area (Å²) in [6.07, 6.45) is 0. The molecule has 0 unspecified atom stereocenters. The highest BCUT2D eigenvalue weighted by atomic mass is 16.3. The number of anilines is 1. The van der Waals surface area contributed by atoms with Crippen LogP contribution >= 0.6 is 0 Å². The Morgan fingerprint density at radius 3 is 2.30 bits per heavy atom. The molecule has 1 fully saturated rings. The van der Waals surface area contributed by atoms with Crippen LogP contribution in [0.2, 0.25) is 0 Å². The normalized spacial score (nSPS) is 16.1. The minimum Gasteiger partial charge on any atom is -0.506 e. The molecule has 1 aliphatic heterocycles. The van der Waals surface area contributed by atoms with Crippen molar-refractivity contribution in [3.05, 3.63) is 60.2 Å². The number of phenolic OH excluding ortho intramolecular Hbond substituents is 1. The highest BCUT2D eigenvalue weighted by Gasteiger charge is 2.28. The second-order valence-corrected chi connectivity index (χ2v) is 7.03. The highest BCUT2D eigenvalue weighted by Crippen LogP contribution is 2.27. The van der Waals surface area contributed by atoms with Gasteiger partial charge in [0.25, 0.3) is 0 Å². The van der Waals surface area contributed by atoms with E-state index in [1.54, 1.807) is 6.07 Å². The maximum atomic E-state index is 13.0. The molecule has 0 bridgehead atoms. The minimum absolute atomic E-state index is 0.139. The molecule has 144 valence electrons. The van der Waals surface area contributed by atoms with Gasteiger partial charge in [-0.05, 0) is 31.5 Å². The second-order valence-electron chi connectivity index (χ2n) is 7.03. The number of rotatable bonds is 6. The average molecular weight is 367 g/mol. The van der Waals surface area contributed by atoms with Crippen molar-refractivity contribution >= 4 is 11.6 Å². The lowest BCUT2D eigenvalue weighted by molar-refractivity contribution is -0.137. The van der Waals surface area contributed by atoms with Crippen LogP contribution in [0.15, 0.2) is 54.6 Å². The Kier molecular flexibility index (Phi) is 6.35. The molecule has 1 N–H and O–H groups in total. The average Bonchev–Trinajstić information content (AvgIpc) is 2.72. The fraction of sp³-hybridized carbons (Fsp3) is 0.409. The number of para-hydroxylation sites is 2. The van der Waals surface area contributed by atoms with E-state index in [1.807, 2.05) is 55.1 Å². The van der Waals surface area contributed by atoms with Crippen molar-refractivity contribution in [3.8, 4) is 5.75 Å². The van der Waals surface area contributed by atoms with E-state index in [1.165, 1.54) is 0 Å². The van der Waals surface area contributed by atoms with Crippen LogP contribution in [-0.2, 0) is 11.3 Å². The van der Waals surface area contributed by atoms with Crippen molar-refractivity contribution in [2.45, 2.75) is 26.4 Å². The first-order chi connectivity index (χ1) is 13.1. The van der Waals surface area contributed by atoms with Crippen molar-refractivity contribution in [1.29, 1.82) is 0 Å². The molecule has 0 spiro atoms. The Hall–Kier alpha value is -2.53. The maximum Gasteiger partial charge on any atom is 0.239 e. The van der Waals surface area contributed by atoms with Crippen LogP contribution in [-0.4, -0.2) is 59.6 Å². The van der Waals surface area contributed by atoms with Gasteiger partial charge < -0.3 is 14.9 Å². The van der Waals surface area contributed by atoms with Gasteiger partial charge in [-0.25, -0.2) is 0 Å². The maximum absolute atomic E-state index is 13.0. The molecular weight excluding hydrogens is 338 g/mol. The highest BCUT2D eigenvalue weighted by molar-refractivity contribution is 5.81. The number of hydrogen-bond donors (Lipinski definition) is 1. The summed E-state index contributed by atoms with van der Waals surface area (Å²) in [6, 6.07) is 17.4. The van der Waals surface area contributed by atoms with Gasteiger partial charge in [-0.2, -0.15) is 0 Å². The number of nitrogens with zero attached hydrogens (tertiary/aromatic N) is 3. The van der Waals surface area contributed by atoms with Crippen molar-refractivity contribution in [1.82, 2.24) is 9.80 Å². The Balaban J connectivity index is 1.58. The van der Waals surface area contributed by atoms with Gasteiger partial charge in [0.2, 0.25) is 5.91 Å². The molecule has 1 aliphatic rings. The number of carbonyl (C=O) groups excluding carboxylic acids is 1. The van der Waals surface area contributed by atoms with Crippen LogP contribution in [0.1, 0.15) is 19.4 Å². The number of aromatic hydroxyl groups is 1. The molecule has 5 nitrogen and oxygen atoms in total. The SMILES string of the molecule is CCN(Cc1ccccc1)C(=O)[C@@H](C)N1CCN(c2ccccc2O)CC1. The third-order valence-corrected chi connectivity index (χ3v) is 5.35. The molecule has 1 amide bonds. The fourth-order valence-corrected chi connectivity index (χ4v) is 3.65. The van der Waals surface area contributed by atoms with Gasteiger partial charge in [-0.15, -0.1) is 0 Å². The molecule has 0 aromatic heterocycles. The zero-order chi connectivity index (χ0) is 19.2. The summed E-state index contributed by atoms with van der Waals surface area (Å²) in [6.45, 7) is 8.62. The molecule has 27 heavy (non-hydrogen) atoms. The predicted octanol–water partition coefficient (Wildman–Crippen LogP) is 2.95. The Labute approximate surface area is 161 Å². The molecule has 0 radical (unpaired) electrons. The lowest BCUT2D eigenvalue weighted by Crippen LogP contribution is -2.54. The number of piperazine rings is 1. The van der Waals surface area contributed by atoms with E-state index in [4.69, 9.17) is 0 Å². The quantitative estimate of drug-likeness (QED) is 0.853. The van der Waals surface area contributed by atoms with E-state index in [2.05, 4.69) is 21.9 Å². The predicted molar refractivity (Wildman–Crippen MR) is 109 cm³/mol. The van der Waals surface area contributed by atoms with Gasteiger partial charge in [0, 0.05) is 39.3 Å². The van der Waals surface area contributed by atoms with E-state index in [-0.39, 0.29) is 11.9 Å². The zero-order valence-electron chi connectivity index (χ0n) is 16.2. The standard InChI is InChI=1S/C22H29N3O2/c1-3-23(17-19-9-5-4-6-10-19)22(27)18(2)24-13-15-25(16-14-24)20-11-7-8-12-21(20)26/h4-12,18,26H,3,13-17H2,1-2H3/t18-/m1/s1. The zero-order valence-corrected chi connectivity index (χ0v) is 16.2. The third-order valence-electron chi connectivity index (χ3n) is 5.35. The lowest BCUT2D eigenvalue weighted by Gasteiger charge is -2.40. The molecule has 2 aromatic carbocycles. The van der Waals surface area contributed by atoms with E-state index < -0.39 is 0 Å². The summed E-state index contributed by atoms with van der Waals surface area (Å²) >= 11 is 0. The van der Waals surface area contributed by atoms with E-state index in [9.17, 15) is 9.90 Å². The molecule has 1 saturated heterocycles. The number of phenols is 1. The summed E-state index contributed by atoms with van der Waals surface area (Å²) in [4.78, 5) is 19.4. The molecule has 2 aromatic rings. The van der Waals surface area contributed by atoms with Crippen molar-refractivity contribution in [3.63, 3.8) is 0 Å². The Bertz CT molecular complexity index is 742. The van der Waals surface area contributed by atoms with Gasteiger partial charge in [0.05, 0.1) is 11.7 Å². The largest absolute Gasteiger partial charge is 0.506 e. The summed E-state index contributed by atoms with van der Waals surface area (Å²) in [7, 11) is 0. The van der Waals surface area contributed by atoms with Crippen LogP contribution < -0.4 is 4.90 Å². The van der Waals surface area contributed by atoms with Crippen molar-refractivity contribution in [2.75, 3.05) is 37.6 Å². The van der Waals surface area contributed by atoms with Crippen molar-refractivity contribution < 1.29 is 9.90 Å². The Morgan fingerprint density at radius 2 is 1.67 bits per heavy atom. The first-order valence-electron chi connectivity index (χ1n) is 9.70. The number of carbonyl (C=O) groups is 1. The monoisotopic (exact) mass is 367 g/mol. The van der Waals surface area contributed by atoms with Gasteiger partial charge in [0.15, 0.2) is 0 Å². The van der Waals surface area contributed by atoms with Crippen LogP contribution in [0.4, 0.5) is 5.69 Å². The van der Waals surface area contributed by atoms with E-state index in [0.29, 0.717) is 18.8 Å². The topological polar surface area (TPSA) is 47.0 Å². The summed E-state index contributed by atoms with van der Waals surface area (Å²) < 4.78 is 0. The van der Waals surface area contributed by atoms with Gasteiger partial charge in [0.1, 0.15) is 5.75 Å². The molecule has 3 rings (SSSR count). The molecule has 1 atom stereocenters. The molecular formula is C22H29N3O2. The number of amides is 1. The fourth-order valence-electron chi connectivity index (χ4n) is 3.65. The number of hydrogen-bond acceptors (Lipinski definition) is 4. The number of likely N-dealkylation sites (N-methyl/N-ethyl adjacent to an activating group) is 1. The first-order valence-corrected chi connectivity index (χ1v) is 9.70. The summed E-state index contributed by atoms with van der Waals surface area (Å²) in [5.41, 5.74) is 2.03. The summed E-state index contributed by atoms with van der Waals surface area (Å²) in [5.74, 6) is 0.493. The first kappa shape index (κ1) is 19.2. The molecule has 0 aliphatic carbocycles. The summed E-state index contributed by atoms with van der Waals surface area (Å²) in [5, 5.41) is 10.1. The van der Waals surface area contributed by atoms with Crippen LogP contribution in [0.3, 0.4) is 0 Å². The number of benzene rings is 2. The molecule has 1 heterocycles. The van der Waals surface area contributed by atoms with Crippen molar-refractivity contribution in [2.24, 2.45) is 0 Å². The lowest BCUT2D eigenvalue weighted by atomic mass is 10.1. The van der Waals surface area contributed by atoms with Crippen LogP contribution in [0.25, 0.3) is 0 Å². The van der Waals surface area contributed by atoms with Gasteiger partial charge in [-0.1, -0.05) is 42.5 Å². The smallest absolute Gasteiger partial charge is 0.239 e. The molecule has 5 heteroatoms. The van der Waals surface area contributed by atoms with Crippen LogP contribution in [0.5, 0.6) is 5.75 Å². The minimum atomic E-state index is -0.139. The van der Waals surface area contributed by atoms with Crippen LogP contribution in [0, 0.1) is 0 Å². The van der Waals surface area contributed by atoms with Gasteiger partial charge >= 0.3 is 0 Å². The van der Waals surface area contributed by atoms with Gasteiger partial charge in [-0.3, -0.25) is 9.69 Å². The second kappa shape index (κ2) is 8.91. The van der Waals surface area contributed by atoms with E-state index >= 15 is 0 Å². The van der Waals surface area contributed by atoms with E-state index in [0.717, 1.165) is 37.4 Å². The Morgan fingerprint density at radius 1 is 1.04 bits per heavy atom. The molecule has 0 saturated carbocycles.